The highest BCUT2D eigenvalue weighted by Crippen LogP contribution is 2.46. The molecule has 2 saturated heterocycles. The van der Waals surface area contributed by atoms with Crippen molar-refractivity contribution in [2.75, 3.05) is 19.7 Å². The van der Waals surface area contributed by atoms with Crippen molar-refractivity contribution in [3.8, 4) is 0 Å². The smallest absolute Gasteiger partial charge is 0.0961 e. The summed E-state index contributed by atoms with van der Waals surface area (Å²) in [7, 11) is 0. The van der Waals surface area contributed by atoms with Gasteiger partial charge >= 0.3 is 0 Å². The number of halogens is 2. The van der Waals surface area contributed by atoms with Gasteiger partial charge in [0.05, 0.1) is 5.60 Å². The van der Waals surface area contributed by atoms with Gasteiger partial charge in [0.25, 0.3) is 0 Å². The quantitative estimate of drug-likeness (QED) is 0.898. The number of hydrogen-bond acceptors (Lipinski definition) is 2. The molecule has 3 rings (SSSR count). The van der Waals surface area contributed by atoms with Crippen molar-refractivity contribution in [2.24, 2.45) is 5.92 Å². The van der Waals surface area contributed by atoms with Gasteiger partial charge in [0.15, 0.2) is 0 Å². The van der Waals surface area contributed by atoms with Crippen LogP contribution in [-0.4, -0.2) is 19.7 Å². The van der Waals surface area contributed by atoms with Crippen LogP contribution in [0.15, 0.2) is 24.3 Å². The van der Waals surface area contributed by atoms with E-state index in [2.05, 4.69) is 17.4 Å². The number of nitrogens with one attached hydrogen (secondary N) is 1. The number of piperidine rings is 1. The van der Waals surface area contributed by atoms with E-state index in [1.54, 1.807) is 0 Å². The Balaban J connectivity index is 0.00000133. The lowest BCUT2D eigenvalue weighted by Crippen LogP contribution is -2.41. The maximum absolute atomic E-state index is 6.24. The van der Waals surface area contributed by atoms with Crippen LogP contribution in [0.1, 0.15) is 31.2 Å². The molecule has 1 aromatic carbocycles. The number of benzene rings is 1. The first kappa shape index (κ1) is 15.1. The van der Waals surface area contributed by atoms with Crippen molar-refractivity contribution in [3.05, 3.63) is 34.9 Å². The van der Waals surface area contributed by atoms with E-state index in [9.17, 15) is 0 Å². The predicted octanol–water partition coefficient (Wildman–Crippen LogP) is 3.77. The molecule has 1 unspecified atom stereocenters. The number of ether oxygens (including phenoxy) is 1. The van der Waals surface area contributed by atoms with E-state index in [4.69, 9.17) is 16.3 Å². The first-order chi connectivity index (χ1) is 8.81. The lowest BCUT2D eigenvalue weighted by molar-refractivity contribution is -0.0592. The van der Waals surface area contributed by atoms with Gasteiger partial charge in [-0.1, -0.05) is 23.7 Å². The Labute approximate surface area is 126 Å². The van der Waals surface area contributed by atoms with Crippen molar-refractivity contribution in [1.82, 2.24) is 5.32 Å². The van der Waals surface area contributed by atoms with E-state index >= 15 is 0 Å². The fourth-order valence-corrected chi connectivity index (χ4v) is 3.59. The monoisotopic (exact) mass is 301 g/mol. The van der Waals surface area contributed by atoms with Gasteiger partial charge in [-0.25, -0.2) is 0 Å². The summed E-state index contributed by atoms with van der Waals surface area (Å²) >= 11 is 6.00. The first-order valence-corrected chi connectivity index (χ1v) is 7.30. The van der Waals surface area contributed by atoms with Crippen LogP contribution in [0.4, 0.5) is 0 Å². The highest BCUT2D eigenvalue weighted by atomic mass is 35.5. The van der Waals surface area contributed by atoms with Gasteiger partial charge in [0.1, 0.15) is 0 Å². The molecule has 0 aromatic heterocycles. The molecule has 106 valence electrons. The molecule has 19 heavy (non-hydrogen) atoms. The molecule has 0 bridgehead atoms. The molecule has 0 saturated carbocycles. The highest BCUT2D eigenvalue weighted by molar-refractivity contribution is 6.30. The number of hydrogen-bond donors (Lipinski definition) is 1. The van der Waals surface area contributed by atoms with E-state index in [-0.39, 0.29) is 18.0 Å². The van der Waals surface area contributed by atoms with Crippen LogP contribution in [0.3, 0.4) is 0 Å². The van der Waals surface area contributed by atoms with Crippen molar-refractivity contribution < 1.29 is 4.74 Å². The summed E-state index contributed by atoms with van der Waals surface area (Å²) in [5.74, 6) is 0.641. The van der Waals surface area contributed by atoms with E-state index in [0.29, 0.717) is 5.92 Å². The highest BCUT2D eigenvalue weighted by Gasteiger charge is 2.44. The second-order valence-electron chi connectivity index (χ2n) is 5.37. The van der Waals surface area contributed by atoms with Crippen LogP contribution >= 0.6 is 24.0 Å². The average Bonchev–Trinajstić information content (AvgIpc) is 2.91. The third kappa shape index (κ3) is 2.92. The predicted molar refractivity (Wildman–Crippen MR) is 81.2 cm³/mol. The minimum Gasteiger partial charge on any atom is -0.370 e. The van der Waals surface area contributed by atoms with Crippen molar-refractivity contribution in [2.45, 2.75) is 31.3 Å². The third-order valence-corrected chi connectivity index (χ3v) is 4.64. The van der Waals surface area contributed by atoms with Gasteiger partial charge in [-0.3, -0.25) is 0 Å². The SMILES string of the molecule is Cl.Clc1ccc(C2(C3CCNCC3)CCCO2)cc1. The molecule has 1 aromatic rings. The molecule has 4 heteroatoms. The Hall–Kier alpha value is -0.280. The molecule has 0 spiro atoms. The molecule has 1 N–H and O–H groups in total. The Morgan fingerprint density at radius 1 is 1.16 bits per heavy atom. The van der Waals surface area contributed by atoms with Gasteiger partial charge in [0.2, 0.25) is 0 Å². The second-order valence-corrected chi connectivity index (χ2v) is 5.81. The minimum absolute atomic E-state index is 0. The van der Waals surface area contributed by atoms with Crippen molar-refractivity contribution >= 4 is 24.0 Å². The Morgan fingerprint density at radius 2 is 1.84 bits per heavy atom. The molecular weight excluding hydrogens is 281 g/mol. The van der Waals surface area contributed by atoms with Gasteiger partial charge in [-0.15, -0.1) is 12.4 Å². The maximum atomic E-state index is 6.24. The zero-order valence-corrected chi connectivity index (χ0v) is 12.6. The summed E-state index contributed by atoms with van der Waals surface area (Å²) in [4.78, 5) is 0. The molecule has 2 heterocycles. The molecule has 0 radical (unpaired) electrons. The van der Waals surface area contributed by atoms with Crippen LogP contribution in [0.2, 0.25) is 5.02 Å². The zero-order chi connectivity index (χ0) is 12.4. The summed E-state index contributed by atoms with van der Waals surface area (Å²) in [6, 6.07) is 8.27. The van der Waals surface area contributed by atoms with Gasteiger partial charge in [-0.2, -0.15) is 0 Å². The first-order valence-electron chi connectivity index (χ1n) is 6.92. The van der Waals surface area contributed by atoms with Gasteiger partial charge in [0, 0.05) is 11.6 Å². The van der Waals surface area contributed by atoms with Gasteiger partial charge in [-0.05, 0) is 62.4 Å². The van der Waals surface area contributed by atoms with Gasteiger partial charge < -0.3 is 10.1 Å². The summed E-state index contributed by atoms with van der Waals surface area (Å²) in [6.45, 7) is 3.12. The molecule has 0 aliphatic carbocycles. The third-order valence-electron chi connectivity index (χ3n) is 4.38. The minimum atomic E-state index is -0.0489. The largest absolute Gasteiger partial charge is 0.370 e. The second kappa shape index (κ2) is 6.45. The van der Waals surface area contributed by atoms with Crippen molar-refractivity contribution in [3.63, 3.8) is 0 Å². The Kier molecular flexibility index (Phi) is 5.13. The van der Waals surface area contributed by atoms with E-state index in [1.807, 2.05) is 12.1 Å². The molecule has 0 amide bonds. The van der Waals surface area contributed by atoms with Crippen LogP contribution in [0.5, 0.6) is 0 Å². The molecule has 2 aliphatic rings. The zero-order valence-electron chi connectivity index (χ0n) is 11.0. The Morgan fingerprint density at radius 3 is 2.42 bits per heavy atom. The normalized spacial score (nSPS) is 28.1. The fourth-order valence-electron chi connectivity index (χ4n) is 3.47. The van der Waals surface area contributed by atoms with Crippen LogP contribution in [-0.2, 0) is 10.3 Å². The molecular formula is C15H21Cl2NO. The molecule has 1 atom stereocenters. The van der Waals surface area contributed by atoms with E-state index < -0.39 is 0 Å². The Bertz CT molecular complexity index is 395. The molecule has 2 nitrogen and oxygen atoms in total. The summed E-state index contributed by atoms with van der Waals surface area (Å²) < 4.78 is 6.24. The fraction of sp³-hybridized carbons (Fsp3) is 0.600. The van der Waals surface area contributed by atoms with Crippen LogP contribution in [0.25, 0.3) is 0 Å². The molecule has 2 fully saturated rings. The lowest BCUT2D eigenvalue weighted by Gasteiger charge is -2.39. The summed E-state index contributed by atoms with van der Waals surface area (Å²) in [5, 5.41) is 4.24. The summed E-state index contributed by atoms with van der Waals surface area (Å²) in [6.07, 6.45) is 4.75. The topological polar surface area (TPSA) is 21.3 Å². The number of rotatable bonds is 2. The molecule has 2 aliphatic heterocycles. The standard InChI is InChI=1S/C15H20ClNO.ClH/c16-14-4-2-12(3-5-14)15(8-1-11-18-15)13-6-9-17-10-7-13;/h2-5,13,17H,1,6-11H2;1H. The van der Waals surface area contributed by atoms with Crippen molar-refractivity contribution in [1.29, 1.82) is 0 Å². The lowest BCUT2D eigenvalue weighted by atomic mass is 9.75. The van der Waals surface area contributed by atoms with E-state index in [0.717, 1.165) is 31.1 Å². The van der Waals surface area contributed by atoms with Crippen LogP contribution < -0.4 is 5.32 Å². The summed E-state index contributed by atoms with van der Waals surface area (Å²) in [5.41, 5.74) is 1.27. The van der Waals surface area contributed by atoms with E-state index in [1.165, 1.54) is 24.8 Å². The maximum Gasteiger partial charge on any atom is 0.0961 e. The van der Waals surface area contributed by atoms with Crippen LogP contribution in [0, 0.1) is 5.92 Å². The average molecular weight is 302 g/mol.